The van der Waals surface area contributed by atoms with Crippen molar-refractivity contribution in [2.24, 2.45) is 0 Å². The van der Waals surface area contributed by atoms with Crippen LogP contribution in [0.2, 0.25) is 0 Å². The Labute approximate surface area is 119 Å². The van der Waals surface area contributed by atoms with E-state index in [1.165, 1.54) is 24.5 Å². The molecule has 0 unspecified atom stereocenters. The minimum absolute atomic E-state index is 0.0773. The van der Waals surface area contributed by atoms with Gasteiger partial charge in [-0.25, -0.2) is 9.78 Å². The third-order valence-corrected chi connectivity index (χ3v) is 2.90. The van der Waals surface area contributed by atoms with Crippen LogP contribution in [0.25, 0.3) is 0 Å². The zero-order chi connectivity index (χ0) is 15.0. The van der Waals surface area contributed by atoms with E-state index in [2.05, 4.69) is 9.97 Å². The summed E-state index contributed by atoms with van der Waals surface area (Å²) in [4.78, 5) is 48.6. The maximum atomic E-state index is 12.0. The molecule has 0 spiro atoms. The summed E-state index contributed by atoms with van der Waals surface area (Å²) in [6.45, 7) is 1.66. The number of carbonyl (C=O) groups is 3. The highest BCUT2D eigenvalue weighted by Crippen LogP contribution is 2.23. The van der Waals surface area contributed by atoms with Gasteiger partial charge >= 0.3 is 5.97 Å². The summed E-state index contributed by atoms with van der Waals surface area (Å²) < 4.78 is 0. The number of hydroxylamine groups is 2. The van der Waals surface area contributed by atoms with Crippen molar-refractivity contribution in [3.05, 3.63) is 59.2 Å². The molecule has 104 valence electrons. The molecule has 0 saturated carbocycles. The first-order chi connectivity index (χ1) is 10.1. The van der Waals surface area contributed by atoms with Crippen molar-refractivity contribution < 1.29 is 19.2 Å². The highest BCUT2D eigenvalue weighted by atomic mass is 16.7. The van der Waals surface area contributed by atoms with E-state index >= 15 is 0 Å². The largest absolute Gasteiger partial charge is 0.383 e. The maximum Gasteiger partial charge on any atom is 0.383 e. The molecule has 0 radical (unpaired) electrons. The van der Waals surface area contributed by atoms with E-state index in [1.54, 1.807) is 19.1 Å². The highest BCUT2D eigenvalue weighted by molar-refractivity contribution is 6.21. The third kappa shape index (κ3) is 2.14. The lowest BCUT2D eigenvalue weighted by molar-refractivity contribution is -0.0588. The molecular formula is C14H9N3O4. The molecule has 2 amide bonds. The zero-order valence-electron chi connectivity index (χ0n) is 10.9. The zero-order valence-corrected chi connectivity index (χ0v) is 10.9. The summed E-state index contributed by atoms with van der Waals surface area (Å²) >= 11 is 0. The van der Waals surface area contributed by atoms with Gasteiger partial charge in [0, 0.05) is 6.20 Å². The minimum atomic E-state index is -0.916. The van der Waals surface area contributed by atoms with Gasteiger partial charge in [0.25, 0.3) is 11.8 Å². The molecule has 1 aliphatic rings. The second kappa shape index (κ2) is 4.78. The number of fused-ring (bicyclic) bond motifs is 1. The van der Waals surface area contributed by atoms with Gasteiger partial charge in [-0.2, -0.15) is 0 Å². The number of imide groups is 1. The van der Waals surface area contributed by atoms with Crippen molar-refractivity contribution in [1.82, 2.24) is 15.0 Å². The van der Waals surface area contributed by atoms with Crippen LogP contribution in [-0.4, -0.2) is 32.8 Å². The average molecular weight is 283 g/mol. The van der Waals surface area contributed by atoms with Crippen LogP contribution in [0.15, 0.2) is 36.7 Å². The lowest BCUT2D eigenvalue weighted by Gasteiger charge is -2.12. The molecule has 0 saturated heterocycles. The molecule has 0 bridgehead atoms. The van der Waals surface area contributed by atoms with Crippen LogP contribution in [0.5, 0.6) is 0 Å². The van der Waals surface area contributed by atoms with Gasteiger partial charge in [0.2, 0.25) is 0 Å². The first-order valence-electron chi connectivity index (χ1n) is 6.06. The summed E-state index contributed by atoms with van der Waals surface area (Å²) in [7, 11) is 0. The third-order valence-electron chi connectivity index (χ3n) is 2.90. The van der Waals surface area contributed by atoms with Crippen molar-refractivity contribution in [3.63, 3.8) is 0 Å². The second-order valence-electron chi connectivity index (χ2n) is 4.37. The molecule has 0 fully saturated rings. The molecule has 7 heteroatoms. The van der Waals surface area contributed by atoms with Crippen LogP contribution in [-0.2, 0) is 4.84 Å². The molecule has 1 aromatic heterocycles. The second-order valence-corrected chi connectivity index (χ2v) is 4.37. The van der Waals surface area contributed by atoms with Crippen molar-refractivity contribution in [2.75, 3.05) is 0 Å². The van der Waals surface area contributed by atoms with E-state index in [4.69, 9.17) is 4.84 Å². The summed E-state index contributed by atoms with van der Waals surface area (Å²) in [5.74, 6) is -2.27. The lowest BCUT2D eigenvalue weighted by atomic mass is 10.1. The lowest BCUT2D eigenvalue weighted by Crippen LogP contribution is -2.33. The first-order valence-corrected chi connectivity index (χ1v) is 6.06. The van der Waals surface area contributed by atoms with Crippen LogP contribution < -0.4 is 0 Å². The van der Waals surface area contributed by atoms with Gasteiger partial charge in [-0.3, -0.25) is 14.6 Å². The van der Waals surface area contributed by atoms with Crippen LogP contribution in [0, 0.1) is 6.92 Å². The summed E-state index contributed by atoms with van der Waals surface area (Å²) in [6.07, 6.45) is 2.67. The Morgan fingerprint density at radius 2 is 1.71 bits per heavy atom. The van der Waals surface area contributed by atoms with E-state index < -0.39 is 17.8 Å². The molecule has 7 nitrogen and oxygen atoms in total. The van der Waals surface area contributed by atoms with E-state index in [1.807, 2.05) is 0 Å². The monoisotopic (exact) mass is 283 g/mol. The standard InChI is InChI=1S/C14H9N3O4/c1-8-6-15-7-11(16-8)14(20)21-17-12(18)9-4-2-3-5-10(9)13(17)19/h2-7H,1H3. The van der Waals surface area contributed by atoms with Gasteiger partial charge < -0.3 is 4.84 Å². The predicted molar refractivity (Wildman–Crippen MR) is 69.1 cm³/mol. The van der Waals surface area contributed by atoms with E-state index in [-0.39, 0.29) is 16.8 Å². The van der Waals surface area contributed by atoms with Gasteiger partial charge in [0.15, 0.2) is 5.69 Å². The Kier molecular flexibility index (Phi) is 2.94. The van der Waals surface area contributed by atoms with Gasteiger partial charge in [-0.15, -0.1) is 0 Å². The molecular weight excluding hydrogens is 274 g/mol. The molecule has 2 heterocycles. The summed E-state index contributed by atoms with van der Waals surface area (Å²) in [5, 5.41) is 0.441. The Balaban J connectivity index is 1.85. The first kappa shape index (κ1) is 12.9. The van der Waals surface area contributed by atoms with E-state index in [0.717, 1.165) is 0 Å². The molecule has 0 atom stereocenters. The quantitative estimate of drug-likeness (QED) is 0.768. The van der Waals surface area contributed by atoms with Crippen molar-refractivity contribution in [3.8, 4) is 0 Å². The van der Waals surface area contributed by atoms with Crippen molar-refractivity contribution in [2.45, 2.75) is 6.92 Å². The van der Waals surface area contributed by atoms with Gasteiger partial charge in [0.1, 0.15) is 0 Å². The topological polar surface area (TPSA) is 89.5 Å². The number of benzene rings is 1. The highest BCUT2D eigenvalue weighted by Gasteiger charge is 2.38. The SMILES string of the molecule is Cc1cncc(C(=O)ON2C(=O)c3ccccc3C2=O)n1. The number of carbonyl (C=O) groups excluding carboxylic acids is 3. The van der Waals surface area contributed by atoms with Gasteiger partial charge in [0.05, 0.1) is 23.0 Å². The average Bonchev–Trinajstić information content (AvgIpc) is 2.73. The molecule has 0 aliphatic carbocycles. The number of amides is 2. The Hall–Kier alpha value is -3.09. The smallest absolute Gasteiger partial charge is 0.322 e. The van der Waals surface area contributed by atoms with Gasteiger partial charge in [-0.1, -0.05) is 17.2 Å². The number of nitrogens with zero attached hydrogens (tertiary/aromatic N) is 3. The Bertz CT molecular complexity index is 737. The molecule has 0 N–H and O–H groups in total. The van der Waals surface area contributed by atoms with Gasteiger partial charge in [-0.05, 0) is 19.1 Å². The maximum absolute atomic E-state index is 12.0. The fraction of sp³-hybridized carbons (Fsp3) is 0.0714. The normalized spacial score (nSPS) is 13.3. The Morgan fingerprint density at radius 3 is 2.29 bits per heavy atom. The molecule has 21 heavy (non-hydrogen) atoms. The van der Waals surface area contributed by atoms with Crippen LogP contribution in [0.3, 0.4) is 0 Å². The Morgan fingerprint density at radius 1 is 1.10 bits per heavy atom. The minimum Gasteiger partial charge on any atom is -0.322 e. The molecule has 2 aromatic rings. The number of aromatic nitrogens is 2. The van der Waals surface area contributed by atoms with Crippen molar-refractivity contribution in [1.29, 1.82) is 0 Å². The van der Waals surface area contributed by atoms with E-state index in [9.17, 15) is 14.4 Å². The predicted octanol–water partition coefficient (Wildman–Crippen LogP) is 1.15. The fourth-order valence-electron chi connectivity index (χ4n) is 1.94. The molecule has 1 aromatic carbocycles. The van der Waals surface area contributed by atoms with Crippen LogP contribution in [0.4, 0.5) is 0 Å². The number of rotatable bonds is 2. The number of aryl methyl sites for hydroxylation is 1. The summed E-state index contributed by atoms with van der Waals surface area (Å²) in [6, 6.07) is 6.24. The van der Waals surface area contributed by atoms with Crippen molar-refractivity contribution >= 4 is 17.8 Å². The van der Waals surface area contributed by atoms with E-state index in [0.29, 0.717) is 10.8 Å². The number of hydrogen-bond acceptors (Lipinski definition) is 6. The molecule has 1 aliphatic heterocycles. The number of hydrogen-bond donors (Lipinski definition) is 0. The summed E-state index contributed by atoms with van der Waals surface area (Å²) in [5.41, 5.74) is 0.842. The van der Waals surface area contributed by atoms with Crippen LogP contribution in [0.1, 0.15) is 36.9 Å². The molecule has 3 rings (SSSR count). The van der Waals surface area contributed by atoms with Crippen LogP contribution >= 0.6 is 0 Å². The fourth-order valence-corrected chi connectivity index (χ4v) is 1.94.